The summed E-state index contributed by atoms with van der Waals surface area (Å²) in [5.41, 5.74) is 5.00. The van der Waals surface area contributed by atoms with Crippen molar-refractivity contribution in [2.45, 2.75) is 44.7 Å². The van der Waals surface area contributed by atoms with Crippen molar-refractivity contribution < 1.29 is 19.5 Å². The third-order valence-corrected chi connectivity index (χ3v) is 4.57. The van der Waals surface area contributed by atoms with Crippen LogP contribution in [0.2, 0.25) is 0 Å². The third kappa shape index (κ3) is 4.24. The fourth-order valence-electron chi connectivity index (χ4n) is 2.90. The minimum atomic E-state index is -1.18. The lowest BCUT2D eigenvalue weighted by Gasteiger charge is -2.36. The quantitative estimate of drug-likeness (QED) is 0.654. The molecular formula is C17H23N3O4. The van der Waals surface area contributed by atoms with Gasteiger partial charge in [0.15, 0.2) is 0 Å². The Morgan fingerprint density at radius 2 is 1.79 bits per heavy atom. The largest absolute Gasteiger partial charge is 0.480 e. The number of primary amides is 1. The predicted octanol–water partition coefficient (Wildman–Crippen LogP) is 1.62. The first kappa shape index (κ1) is 17.8. The molecule has 2 rings (SSSR count). The molecule has 1 fully saturated rings. The number of urea groups is 1. The molecule has 0 unspecified atom stereocenters. The minimum absolute atomic E-state index is 0.272. The van der Waals surface area contributed by atoms with E-state index in [2.05, 4.69) is 17.6 Å². The van der Waals surface area contributed by atoms with Gasteiger partial charge in [0, 0.05) is 12.1 Å². The standard InChI is InChI=1S/C17H23N3O4/c1-11-6-8-17(9-7-11,15(22)23)20-14(21)13-4-2-12(3-5-13)10-19-16(18)24/h2-5,11H,6-10H2,1H3,(H,20,21)(H,22,23)(H3,18,19,24). The highest BCUT2D eigenvalue weighted by molar-refractivity contribution is 5.98. The van der Waals surface area contributed by atoms with Crippen molar-refractivity contribution in [3.8, 4) is 0 Å². The van der Waals surface area contributed by atoms with Crippen LogP contribution in [0.15, 0.2) is 24.3 Å². The molecule has 5 N–H and O–H groups in total. The summed E-state index contributed by atoms with van der Waals surface area (Å²) in [5, 5.41) is 14.7. The van der Waals surface area contributed by atoms with Gasteiger partial charge in [-0.25, -0.2) is 9.59 Å². The molecule has 0 radical (unpaired) electrons. The van der Waals surface area contributed by atoms with Crippen LogP contribution in [0.3, 0.4) is 0 Å². The van der Waals surface area contributed by atoms with Gasteiger partial charge in [0.25, 0.3) is 5.91 Å². The maximum Gasteiger partial charge on any atom is 0.329 e. The summed E-state index contributed by atoms with van der Waals surface area (Å²) in [4.78, 5) is 34.8. The lowest BCUT2D eigenvalue weighted by atomic mass is 9.77. The molecule has 1 aromatic carbocycles. The number of nitrogens with one attached hydrogen (secondary N) is 2. The Morgan fingerprint density at radius 3 is 2.29 bits per heavy atom. The Morgan fingerprint density at radius 1 is 1.21 bits per heavy atom. The van der Waals surface area contributed by atoms with E-state index >= 15 is 0 Å². The van der Waals surface area contributed by atoms with Crippen molar-refractivity contribution >= 4 is 17.9 Å². The van der Waals surface area contributed by atoms with Gasteiger partial charge in [-0.1, -0.05) is 19.1 Å². The monoisotopic (exact) mass is 333 g/mol. The minimum Gasteiger partial charge on any atom is -0.480 e. The van der Waals surface area contributed by atoms with E-state index in [1.807, 2.05) is 0 Å². The summed E-state index contributed by atoms with van der Waals surface area (Å²) in [6.07, 6.45) is 2.44. The zero-order chi connectivity index (χ0) is 17.7. The molecule has 0 spiro atoms. The van der Waals surface area contributed by atoms with Gasteiger partial charge in [-0.3, -0.25) is 4.79 Å². The van der Waals surface area contributed by atoms with E-state index in [0.717, 1.165) is 18.4 Å². The Balaban J connectivity index is 2.05. The van der Waals surface area contributed by atoms with Crippen LogP contribution < -0.4 is 16.4 Å². The summed E-state index contributed by atoms with van der Waals surface area (Å²) >= 11 is 0. The second-order valence-electron chi connectivity index (χ2n) is 6.44. The normalized spacial score (nSPS) is 23.3. The number of carbonyl (C=O) groups is 3. The molecule has 0 aliphatic heterocycles. The second-order valence-corrected chi connectivity index (χ2v) is 6.44. The highest BCUT2D eigenvalue weighted by atomic mass is 16.4. The maximum atomic E-state index is 12.4. The van der Waals surface area contributed by atoms with E-state index < -0.39 is 23.4 Å². The number of benzene rings is 1. The number of nitrogens with two attached hydrogens (primary N) is 1. The molecule has 7 nitrogen and oxygen atoms in total. The van der Waals surface area contributed by atoms with Crippen molar-refractivity contribution in [2.24, 2.45) is 11.7 Å². The molecule has 3 amide bonds. The van der Waals surface area contributed by atoms with Crippen LogP contribution in [-0.4, -0.2) is 28.6 Å². The van der Waals surface area contributed by atoms with Crippen molar-refractivity contribution in [3.05, 3.63) is 35.4 Å². The van der Waals surface area contributed by atoms with Gasteiger partial charge < -0.3 is 21.5 Å². The molecule has 0 aromatic heterocycles. The predicted molar refractivity (Wildman–Crippen MR) is 88.3 cm³/mol. The van der Waals surface area contributed by atoms with Gasteiger partial charge in [0.05, 0.1) is 0 Å². The van der Waals surface area contributed by atoms with Crippen LogP contribution in [-0.2, 0) is 11.3 Å². The third-order valence-electron chi connectivity index (χ3n) is 4.57. The van der Waals surface area contributed by atoms with Gasteiger partial charge in [-0.15, -0.1) is 0 Å². The summed E-state index contributed by atoms with van der Waals surface area (Å²) in [5.74, 6) is -0.905. The smallest absolute Gasteiger partial charge is 0.329 e. The highest BCUT2D eigenvalue weighted by Gasteiger charge is 2.42. The second kappa shape index (κ2) is 7.33. The van der Waals surface area contributed by atoms with Gasteiger partial charge >= 0.3 is 12.0 Å². The van der Waals surface area contributed by atoms with Gasteiger partial charge in [0.1, 0.15) is 5.54 Å². The van der Waals surface area contributed by atoms with E-state index in [9.17, 15) is 19.5 Å². The zero-order valence-electron chi connectivity index (χ0n) is 13.7. The number of rotatable bonds is 5. The fraction of sp³-hybridized carbons (Fsp3) is 0.471. The SMILES string of the molecule is CC1CCC(NC(=O)c2ccc(CNC(N)=O)cc2)(C(=O)O)CC1. The number of hydrogen-bond donors (Lipinski definition) is 4. The first-order valence-corrected chi connectivity index (χ1v) is 8.00. The lowest BCUT2D eigenvalue weighted by molar-refractivity contribution is -0.146. The number of hydrogen-bond acceptors (Lipinski definition) is 3. The molecule has 7 heteroatoms. The summed E-state index contributed by atoms with van der Waals surface area (Å²) in [6, 6.07) is 5.98. The van der Waals surface area contributed by atoms with Crippen molar-refractivity contribution in [1.82, 2.24) is 10.6 Å². The van der Waals surface area contributed by atoms with Gasteiger partial charge in [-0.2, -0.15) is 0 Å². The first-order valence-electron chi connectivity index (χ1n) is 8.00. The first-order chi connectivity index (χ1) is 11.3. The number of aliphatic carboxylic acids is 1. The molecule has 0 atom stereocenters. The van der Waals surface area contributed by atoms with Crippen molar-refractivity contribution in [2.75, 3.05) is 0 Å². The molecule has 0 heterocycles. The molecule has 0 bridgehead atoms. The average Bonchev–Trinajstić information content (AvgIpc) is 2.55. The van der Waals surface area contributed by atoms with E-state index in [1.54, 1.807) is 24.3 Å². The zero-order valence-corrected chi connectivity index (χ0v) is 13.7. The van der Waals surface area contributed by atoms with Crippen LogP contribution in [0, 0.1) is 5.92 Å². The van der Waals surface area contributed by atoms with E-state index in [4.69, 9.17) is 5.73 Å². The Bertz CT molecular complexity index is 619. The Kier molecular flexibility index (Phi) is 5.43. The van der Waals surface area contributed by atoms with E-state index in [0.29, 0.717) is 24.3 Å². The van der Waals surface area contributed by atoms with Crippen molar-refractivity contribution in [3.63, 3.8) is 0 Å². The molecule has 1 aliphatic carbocycles. The molecular weight excluding hydrogens is 310 g/mol. The van der Waals surface area contributed by atoms with Crippen LogP contribution in [0.1, 0.15) is 48.5 Å². The van der Waals surface area contributed by atoms with Crippen LogP contribution in [0.25, 0.3) is 0 Å². The summed E-state index contributed by atoms with van der Waals surface area (Å²) in [7, 11) is 0. The molecule has 1 aliphatic rings. The number of carboxylic acid groups (broad SMARTS) is 1. The molecule has 0 saturated heterocycles. The number of carboxylic acids is 1. The Labute approximate surface area is 140 Å². The molecule has 24 heavy (non-hydrogen) atoms. The highest BCUT2D eigenvalue weighted by Crippen LogP contribution is 2.32. The fourth-order valence-corrected chi connectivity index (χ4v) is 2.90. The van der Waals surface area contributed by atoms with Crippen LogP contribution in [0.4, 0.5) is 4.79 Å². The molecule has 1 saturated carbocycles. The summed E-state index contributed by atoms with van der Waals surface area (Å²) in [6.45, 7) is 2.36. The molecule has 1 aromatic rings. The van der Waals surface area contributed by atoms with E-state index in [-0.39, 0.29) is 6.54 Å². The topological polar surface area (TPSA) is 122 Å². The van der Waals surface area contributed by atoms with Gasteiger partial charge in [0.2, 0.25) is 0 Å². The Hall–Kier alpha value is -2.57. The average molecular weight is 333 g/mol. The number of carbonyl (C=O) groups excluding carboxylic acids is 2. The van der Waals surface area contributed by atoms with Crippen molar-refractivity contribution in [1.29, 1.82) is 0 Å². The van der Waals surface area contributed by atoms with Crippen LogP contribution >= 0.6 is 0 Å². The van der Waals surface area contributed by atoms with Crippen LogP contribution in [0.5, 0.6) is 0 Å². The maximum absolute atomic E-state index is 12.4. The van der Waals surface area contributed by atoms with E-state index in [1.165, 1.54) is 0 Å². The summed E-state index contributed by atoms with van der Waals surface area (Å²) < 4.78 is 0. The lowest BCUT2D eigenvalue weighted by Crippen LogP contribution is -2.56. The van der Waals surface area contributed by atoms with Gasteiger partial charge in [-0.05, 0) is 49.3 Å². The molecule has 130 valence electrons. The number of amides is 3.